The van der Waals surface area contributed by atoms with E-state index in [1.807, 2.05) is 6.92 Å². The van der Waals surface area contributed by atoms with Crippen LogP contribution in [0.1, 0.15) is 36.5 Å². The van der Waals surface area contributed by atoms with Crippen molar-refractivity contribution in [3.05, 3.63) is 23.8 Å². The Morgan fingerprint density at radius 2 is 2.17 bits per heavy atom. The number of hydrogen-bond donors (Lipinski definition) is 1. The van der Waals surface area contributed by atoms with Gasteiger partial charge in [0.2, 0.25) is 0 Å². The number of piperidine rings is 1. The Kier molecular flexibility index (Phi) is 5.84. The van der Waals surface area contributed by atoms with Gasteiger partial charge in [0.1, 0.15) is 11.5 Å². The molecule has 2 rings (SSSR count). The van der Waals surface area contributed by atoms with E-state index in [0.717, 1.165) is 6.42 Å². The topological polar surface area (TPSA) is 76.1 Å². The number of nitrogens with zero attached hydrogens (tertiary/aromatic N) is 1. The van der Waals surface area contributed by atoms with Gasteiger partial charge >= 0.3 is 5.97 Å². The van der Waals surface area contributed by atoms with E-state index in [1.165, 1.54) is 0 Å². The summed E-state index contributed by atoms with van der Waals surface area (Å²) < 4.78 is 10.9. The summed E-state index contributed by atoms with van der Waals surface area (Å²) in [7, 11) is 1.56. The second-order valence-electron chi connectivity index (χ2n) is 5.64. The van der Waals surface area contributed by atoms with Crippen LogP contribution in [0.15, 0.2) is 18.2 Å². The minimum absolute atomic E-state index is 0.190. The summed E-state index contributed by atoms with van der Waals surface area (Å²) >= 11 is 0. The Balaban J connectivity index is 2.21. The van der Waals surface area contributed by atoms with Crippen LogP contribution in [0.2, 0.25) is 0 Å². The van der Waals surface area contributed by atoms with Gasteiger partial charge in [-0.25, -0.2) is 0 Å². The van der Waals surface area contributed by atoms with E-state index < -0.39 is 11.9 Å². The fraction of sp³-hybridized carbons (Fsp3) is 0.529. The standard InChI is InChI=1S/C17H23NO5/c1-3-9-23-15-10-13(22-2)6-7-14(15)16(19)18-8-4-5-12(11-18)17(20)21/h6-7,10,12H,3-5,8-9,11H2,1-2H3,(H,20,21)/t12-/m0/s1. The van der Waals surface area contributed by atoms with Crippen LogP contribution in [0, 0.1) is 5.92 Å². The number of carboxylic acid groups (broad SMARTS) is 1. The first-order chi connectivity index (χ1) is 11.1. The SMILES string of the molecule is CCCOc1cc(OC)ccc1C(=O)N1CCC[C@H](C(=O)O)C1. The Hall–Kier alpha value is -2.24. The minimum Gasteiger partial charge on any atom is -0.497 e. The Bertz CT molecular complexity index is 572. The molecule has 1 heterocycles. The predicted molar refractivity (Wildman–Crippen MR) is 85.0 cm³/mol. The highest BCUT2D eigenvalue weighted by Crippen LogP contribution is 2.28. The molecule has 0 aliphatic carbocycles. The van der Waals surface area contributed by atoms with Gasteiger partial charge in [-0.3, -0.25) is 9.59 Å². The summed E-state index contributed by atoms with van der Waals surface area (Å²) in [6, 6.07) is 5.09. The number of likely N-dealkylation sites (tertiary alicyclic amines) is 1. The van der Waals surface area contributed by atoms with Gasteiger partial charge in [0.05, 0.1) is 25.2 Å². The quantitative estimate of drug-likeness (QED) is 0.871. The second kappa shape index (κ2) is 7.85. The molecule has 1 aliphatic rings. The van der Waals surface area contributed by atoms with Crippen LogP contribution in [0.3, 0.4) is 0 Å². The maximum Gasteiger partial charge on any atom is 0.308 e. The molecule has 1 fully saturated rings. The molecule has 0 spiro atoms. The van der Waals surface area contributed by atoms with Crippen molar-refractivity contribution < 1.29 is 24.2 Å². The second-order valence-corrected chi connectivity index (χ2v) is 5.64. The van der Waals surface area contributed by atoms with Crippen molar-refractivity contribution >= 4 is 11.9 Å². The first kappa shape index (κ1) is 17.1. The molecule has 1 atom stereocenters. The highest BCUT2D eigenvalue weighted by molar-refractivity contribution is 5.97. The van der Waals surface area contributed by atoms with Gasteiger partial charge in [0.25, 0.3) is 5.91 Å². The number of ether oxygens (including phenoxy) is 2. The summed E-state index contributed by atoms with van der Waals surface area (Å²) in [4.78, 5) is 25.5. The molecule has 1 aliphatic heterocycles. The van der Waals surface area contributed by atoms with Gasteiger partial charge in [-0.05, 0) is 31.4 Å². The molecule has 0 radical (unpaired) electrons. The van der Waals surface area contributed by atoms with Crippen LogP contribution < -0.4 is 9.47 Å². The number of aliphatic carboxylic acids is 1. The number of amides is 1. The van der Waals surface area contributed by atoms with E-state index in [-0.39, 0.29) is 12.5 Å². The molecule has 23 heavy (non-hydrogen) atoms. The highest BCUT2D eigenvalue weighted by atomic mass is 16.5. The largest absolute Gasteiger partial charge is 0.497 e. The maximum absolute atomic E-state index is 12.8. The zero-order chi connectivity index (χ0) is 16.8. The molecule has 6 heteroatoms. The first-order valence-electron chi connectivity index (χ1n) is 7.89. The van der Waals surface area contributed by atoms with Crippen LogP contribution in [0.4, 0.5) is 0 Å². The number of benzene rings is 1. The normalized spacial score (nSPS) is 17.7. The molecule has 1 amide bonds. The van der Waals surface area contributed by atoms with Crippen molar-refractivity contribution in [1.29, 1.82) is 0 Å². The first-order valence-corrected chi connectivity index (χ1v) is 7.89. The smallest absolute Gasteiger partial charge is 0.308 e. The van der Waals surface area contributed by atoms with Crippen LogP contribution in [-0.4, -0.2) is 48.7 Å². The molecule has 0 bridgehead atoms. The van der Waals surface area contributed by atoms with E-state index in [1.54, 1.807) is 30.2 Å². The van der Waals surface area contributed by atoms with E-state index in [9.17, 15) is 9.59 Å². The number of methoxy groups -OCH3 is 1. The van der Waals surface area contributed by atoms with Crippen LogP contribution in [-0.2, 0) is 4.79 Å². The summed E-state index contributed by atoms with van der Waals surface area (Å²) in [6.07, 6.45) is 2.14. The summed E-state index contributed by atoms with van der Waals surface area (Å²) in [5.74, 6) is -0.432. The molecule has 0 saturated carbocycles. The third-order valence-corrected chi connectivity index (χ3v) is 3.94. The lowest BCUT2D eigenvalue weighted by Crippen LogP contribution is -2.42. The highest BCUT2D eigenvalue weighted by Gasteiger charge is 2.29. The average molecular weight is 321 g/mol. The monoisotopic (exact) mass is 321 g/mol. The minimum atomic E-state index is -0.848. The number of carbonyl (C=O) groups excluding carboxylic acids is 1. The Labute approximate surface area is 136 Å². The van der Waals surface area contributed by atoms with Crippen molar-refractivity contribution in [3.63, 3.8) is 0 Å². The number of hydrogen-bond acceptors (Lipinski definition) is 4. The van der Waals surface area contributed by atoms with E-state index in [0.29, 0.717) is 43.1 Å². The summed E-state index contributed by atoms with van der Waals surface area (Å²) in [6.45, 7) is 3.31. The fourth-order valence-electron chi connectivity index (χ4n) is 2.67. The van der Waals surface area contributed by atoms with Gasteiger partial charge in [-0.2, -0.15) is 0 Å². The van der Waals surface area contributed by atoms with Gasteiger partial charge in [0.15, 0.2) is 0 Å². The van der Waals surface area contributed by atoms with Gasteiger partial charge in [0, 0.05) is 19.2 Å². The summed E-state index contributed by atoms with van der Waals surface area (Å²) in [5.41, 5.74) is 0.449. The molecule has 1 aromatic rings. The molecule has 1 N–H and O–H groups in total. The van der Waals surface area contributed by atoms with Crippen LogP contribution >= 0.6 is 0 Å². The molecular weight excluding hydrogens is 298 g/mol. The van der Waals surface area contributed by atoms with Gasteiger partial charge < -0.3 is 19.5 Å². The van der Waals surface area contributed by atoms with E-state index in [2.05, 4.69) is 0 Å². The molecule has 0 unspecified atom stereocenters. The molecule has 126 valence electrons. The fourth-order valence-corrected chi connectivity index (χ4v) is 2.67. The van der Waals surface area contributed by atoms with Crippen molar-refractivity contribution in [2.45, 2.75) is 26.2 Å². The number of carbonyl (C=O) groups is 2. The molecule has 6 nitrogen and oxygen atoms in total. The van der Waals surface area contributed by atoms with Crippen molar-refractivity contribution in [2.24, 2.45) is 5.92 Å². The lowest BCUT2D eigenvalue weighted by molar-refractivity contribution is -0.143. The summed E-state index contributed by atoms with van der Waals surface area (Å²) in [5, 5.41) is 9.17. The van der Waals surface area contributed by atoms with Gasteiger partial charge in [-0.1, -0.05) is 6.92 Å². The van der Waals surface area contributed by atoms with Crippen molar-refractivity contribution in [3.8, 4) is 11.5 Å². The molecule has 1 saturated heterocycles. The van der Waals surface area contributed by atoms with Crippen molar-refractivity contribution in [2.75, 3.05) is 26.8 Å². The third kappa shape index (κ3) is 4.15. The van der Waals surface area contributed by atoms with Crippen molar-refractivity contribution in [1.82, 2.24) is 4.90 Å². The number of rotatable bonds is 6. The zero-order valence-corrected chi connectivity index (χ0v) is 13.6. The van der Waals surface area contributed by atoms with E-state index >= 15 is 0 Å². The maximum atomic E-state index is 12.8. The average Bonchev–Trinajstić information content (AvgIpc) is 2.59. The predicted octanol–water partition coefficient (Wildman–Crippen LogP) is 2.42. The molecular formula is C17H23NO5. The Morgan fingerprint density at radius 1 is 1.39 bits per heavy atom. The number of carboxylic acids is 1. The van der Waals surface area contributed by atoms with Crippen LogP contribution in [0.5, 0.6) is 11.5 Å². The Morgan fingerprint density at radius 3 is 2.83 bits per heavy atom. The molecule has 1 aromatic carbocycles. The lowest BCUT2D eigenvalue weighted by atomic mass is 9.97. The van der Waals surface area contributed by atoms with Gasteiger partial charge in [-0.15, -0.1) is 0 Å². The molecule has 0 aromatic heterocycles. The van der Waals surface area contributed by atoms with Crippen LogP contribution in [0.25, 0.3) is 0 Å². The van der Waals surface area contributed by atoms with E-state index in [4.69, 9.17) is 14.6 Å². The third-order valence-electron chi connectivity index (χ3n) is 3.94. The zero-order valence-electron chi connectivity index (χ0n) is 13.6. The lowest BCUT2D eigenvalue weighted by Gasteiger charge is -2.31.